The number of ether oxygens (including phenoxy) is 1. The second-order valence-corrected chi connectivity index (χ2v) is 5.56. The van der Waals surface area contributed by atoms with Gasteiger partial charge < -0.3 is 19.9 Å². The number of amides is 2. The van der Waals surface area contributed by atoms with Gasteiger partial charge in [-0.25, -0.2) is 0 Å². The summed E-state index contributed by atoms with van der Waals surface area (Å²) in [5.74, 6) is -0.666. The molecule has 0 spiro atoms. The molecule has 3 rings (SSSR count). The Bertz CT molecular complexity index is 384. The highest BCUT2D eigenvalue weighted by atomic mass is 16.5. The minimum atomic E-state index is -0.337. The lowest BCUT2D eigenvalue weighted by molar-refractivity contribution is -0.160. The van der Waals surface area contributed by atoms with Crippen LogP contribution in [0, 0.1) is 0 Å². The van der Waals surface area contributed by atoms with E-state index in [-0.39, 0.29) is 17.9 Å². The van der Waals surface area contributed by atoms with Gasteiger partial charge in [-0.05, 0) is 0 Å². The lowest BCUT2D eigenvalue weighted by atomic mass is 10.1. The van der Waals surface area contributed by atoms with Crippen molar-refractivity contribution in [2.24, 2.45) is 0 Å². The van der Waals surface area contributed by atoms with Crippen molar-refractivity contribution in [2.75, 3.05) is 65.6 Å². The molecule has 0 saturated carbocycles. The number of rotatable bonds is 3. The van der Waals surface area contributed by atoms with Gasteiger partial charge >= 0.3 is 11.8 Å². The first-order chi connectivity index (χ1) is 9.75. The molecule has 0 bridgehead atoms. The van der Waals surface area contributed by atoms with Crippen molar-refractivity contribution in [1.82, 2.24) is 20.0 Å². The summed E-state index contributed by atoms with van der Waals surface area (Å²) in [7, 11) is 0. The third-order valence-electron chi connectivity index (χ3n) is 4.30. The Morgan fingerprint density at radius 3 is 2.70 bits per heavy atom. The zero-order valence-electron chi connectivity index (χ0n) is 11.7. The van der Waals surface area contributed by atoms with Gasteiger partial charge in [0, 0.05) is 52.4 Å². The minimum absolute atomic E-state index is 0.138. The van der Waals surface area contributed by atoms with E-state index < -0.39 is 0 Å². The predicted molar refractivity (Wildman–Crippen MR) is 72.2 cm³/mol. The average molecular weight is 282 g/mol. The summed E-state index contributed by atoms with van der Waals surface area (Å²) in [4.78, 5) is 29.9. The molecule has 3 heterocycles. The molecule has 0 aromatic rings. The van der Waals surface area contributed by atoms with Crippen LogP contribution in [0.5, 0.6) is 0 Å². The first-order valence-electron chi connectivity index (χ1n) is 7.36. The van der Waals surface area contributed by atoms with Crippen molar-refractivity contribution >= 4 is 11.8 Å². The van der Waals surface area contributed by atoms with E-state index in [1.54, 1.807) is 9.80 Å². The Labute approximate surface area is 118 Å². The summed E-state index contributed by atoms with van der Waals surface area (Å²) < 4.78 is 5.31. The standard InChI is InChI=1S/C13H22N4O3/c18-12-13(19)17-2-1-14-9-11(17)10-16(12)4-3-15-5-7-20-8-6-15/h11,14H,1-10H2. The second-order valence-electron chi connectivity index (χ2n) is 5.56. The van der Waals surface area contributed by atoms with Crippen LogP contribution in [0.1, 0.15) is 0 Å². The van der Waals surface area contributed by atoms with Gasteiger partial charge in [0.25, 0.3) is 0 Å². The number of fused-ring (bicyclic) bond motifs is 1. The van der Waals surface area contributed by atoms with Crippen molar-refractivity contribution in [3.05, 3.63) is 0 Å². The molecule has 1 atom stereocenters. The fraction of sp³-hybridized carbons (Fsp3) is 0.846. The molecule has 0 radical (unpaired) electrons. The summed E-state index contributed by atoms with van der Waals surface area (Å²) in [6.07, 6.45) is 0. The Morgan fingerprint density at radius 1 is 1.10 bits per heavy atom. The second kappa shape index (κ2) is 6.07. The van der Waals surface area contributed by atoms with Crippen molar-refractivity contribution < 1.29 is 14.3 Å². The molecule has 1 unspecified atom stereocenters. The number of piperazine rings is 2. The lowest BCUT2D eigenvalue weighted by Crippen LogP contribution is -2.66. The molecule has 2 amide bonds. The van der Waals surface area contributed by atoms with Crippen LogP contribution in [0.15, 0.2) is 0 Å². The summed E-state index contributed by atoms with van der Waals surface area (Å²) >= 11 is 0. The number of hydrogen-bond acceptors (Lipinski definition) is 5. The molecule has 1 N–H and O–H groups in total. The zero-order valence-corrected chi connectivity index (χ0v) is 11.7. The predicted octanol–water partition coefficient (Wildman–Crippen LogP) is -2.04. The van der Waals surface area contributed by atoms with Crippen molar-refractivity contribution in [2.45, 2.75) is 6.04 Å². The zero-order chi connectivity index (χ0) is 13.9. The van der Waals surface area contributed by atoms with E-state index in [2.05, 4.69) is 10.2 Å². The highest BCUT2D eigenvalue weighted by Gasteiger charge is 2.39. The van der Waals surface area contributed by atoms with Crippen LogP contribution in [0.2, 0.25) is 0 Å². The van der Waals surface area contributed by atoms with Crippen molar-refractivity contribution in [3.8, 4) is 0 Å². The maximum Gasteiger partial charge on any atom is 0.312 e. The number of nitrogens with zero attached hydrogens (tertiary/aromatic N) is 3. The summed E-state index contributed by atoms with van der Waals surface area (Å²) in [6, 6.07) is 0.138. The highest BCUT2D eigenvalue weighted by Crippen LogP contribution is 2.14. The van der Waals surface area contributed by atoms with Crippen molar-refractivity contribution in [1.29, 1.82) is 0 Å². The lowest BCUT2D eigenvalue weighted by Gasteiger charge is -2.43. The van der Waals surface area contributed by atoms with Crippen LogP contribution in [0.4, 0.5) is 0 Å². The number of nitrogens with one attached hydrogen (secondary N) is 1. The maximum absolute atomic E-state index is 12.1. The molecule has 112 valence electrons. The number of hydrogen-bond donors (Lipinski definition) is 1. The van der Waals surface area contributed by atoms with Crippen LogP contribution < -0.4 is 5.32 Å². The van der Waals surface area contributed by atoms with Gasteiger partial charge in [0.2, 0.25) is 0 Å². The molecule has 3 aliphatic rings. The summed E-state index contributed by atoms with van der Waals surface area (Å²) in [5, 5.41) is 3.29. The SMILES string of the molecule is O=C1C(=O)N2CCNCC2CN1CCN1CCOCC1. The van der Waals surface area contributed by atoms with E-state index >= 15 is 0 Å². The minimum Gasteiger partial charge on any atom is -0.379 e. The number of carbonyl (C=O) groups is 2. The third-order valence-corrected chi connectivity index (χ3v) is 4.30. The normalized spacial score (nSPS) is 28.7. The quantitative estimate of drug-likeness (QED) is 0.604. The first kappa shape index (κ1) is 13.8. The Morgan fingerprint density at radius 2 is 1.90 bits per heavy atom. The molecular formula is C13H22N4O3. The Balaban J connectivity index is 1.55. The van der Waals surface area contributed by atoms with Gasteiger partial charge in [-0.3, -0.25) is 14.5 Å². The van der Waals surface area contributed by atoms with Crippen LogP contribution in [0.25, 0.3) is 0 Å². The van der Waals surface area contributed by atoms with E-state index in [0.29, 0.717) is 19.6 Å². The maximum atomic E-state index is 12.1. The highest BCUT2D eigenvalue weighted by molar-refractivity contribution is 6.35. The van der Waals surface area contributed by atoms with Crippen LogP contribution in [0.3, 0.4) is 0 Å². The fourth-order valence-electron chi connectivity index (χ4n) is 3.07. The molecule has 3 fully saturated rings. The van der Waals surface area contributed by atoms with Crippen LogP contribution >= 0.6 is 0 Å². The van der Waals surface area contributed by atoms with E-state index in [1.165, 1.54) is 0 Å². The molecule has 7 nitrogen and oxygen atoms in total. The largest absolute Gasteiger partial charge is 0.379 e. The van der Waals surface area contributed by atoms with Gasteiger partial charge in [0.05, 0.1) is 19.3 Å². The third kappa shape index (κ3) is 2.79. The summed E-state index contributed by atoms with van der Waals surface area (Å²) in [6.45, 7) is 7.66. The van der Waals surface area contributed by atoms with E-state index in [4.69, 9.17) is 4.74 Å². The number of carbonyl (C=O) groups excluding carboxylic acids is 2. The van der Waals surface area contributed by atoms with E-state index in [9.17, 15) is 9.59 Å². The van der Waals surface area contributed by atoms with Gasteiger partial charge in [-0.15, -0.1) is 0 Å². The molecule has 0 aliphatic carbocycles. The molecule has 20 heavy (non-hydrogen) atoms. The molecule has 7 heteroatoms. The molecule has 0 aromatic heterocycles. The molecular weight excluding hydrogens is 260 g/mol. The fourth-order valence-corrected chi connectivity index (χ4v) is 3.07. The smallest absolute Gasteiger partial charge is 0.312 e. The monoisotopic (exact) mass is 282 g/mol. The van der Waals surface area contributed by atoms with Gasteiger partial charge in [0.15, 0.2) is 0 Å². The number of morpholine rings is 1. The Kier molecular flexibility index (Phi) is 4.18. The van der Waals surface area contributed by atoms with Crippen molar-refractivity contribution in [3.63, 3.8) is 0 Å². The average Bonchev–Trinajstić information content (AvgIpc) is 2.50. The molecule has 0 aromatic carbocycles. The van der Waals surface area contributed by atoms with E-state index in [1.807, 2.05) is 0 Å². The van der Waals surface area contributed by atoms with Gasteiger partial charge in [0.1, 0.15) is 0 Å². The molecule has 3 aliphatic heterocycles. The topological polar surface area (TPSA) is 65.1 Å². The first-order valence-corrected chi connectivity index (χ1v) is 7.36. The van der Waals surface area contributed by atoms with Gasteiger partial charge in [-0.2, -0.15) is 0 Å². The summed E-state index contributed by atoms with van der Waals surface area (Å²) in [5.41, 5.74) is 0. The van der Waals surface area contributed by atoms with Crippen LogP contribution in [-0.2, 0) is 14.3 Å². The van der Waals surface area contributed by atoms with Gasteiger partial charge in [-0.1, -0.05) is 0 Å². The Hall–Kier alpha value is -1.18. The van der Waals surface area contributed by atoms with E-state index in [0.717, 1.165) is 45.9 Å². The van der Waals surface area contributed by atoms with Crippen LogP contribution in [-0.4, -0.2) is 98.1 Å². The molecule has 3 saturated heterocycles.